The van der Waals surface area contributed by atoms with Crippen molar-refractivity contribution in [2.45, 2.75) is 62.8 Å². The summed E-state index contributed by atoms with van der Waals surface area (Å²) >= 11 is 6.29. The summed E-state index contributed by atoms with van der Waals surface area (Å²) in [5.74, 6) is -1.37. The standard InChI is InChI=1S/C26H31ClF2N4O/c1-18(33-13-10-20(11-14-33)32-25-7-3-2-6-23(25)27)26(34,12-4-5-21-16-30-17-31-21)22-9-8-19(28)15-24(22)29/h2-3,6-9,15-18,20-21,32,34H,4-5,10-14H2,1H3/t18-,21+,26?/m1/s1. The van der Waals surface area contributed by atoms with E-state index in [-0.39, 0.29) is 23.7 Å². The van der Waals surface area contributed by atoms with E-state index in [0.717, 1.165) is 37.7 Å². The van der Waals surface area contributed by atoms with E-state index < -0.39 is 17.2 Å². The Bertz CT molecular complexity index is 1030. The van der Waals surface area contributed by atoms with E-state index in [1.165, 1.54) is 18.5 Å². The van der Waals surface area contributed by atoms with Crippen LogP contribution >= 0.6 is 11.6 Å². The van der Waals surface area contributed by atoms with Gasteiger partial charge >= 0.3 is 0 Å². The number of para-hydroxylation sites is 1. The molecule has 34 heavy (non-hydrogen) atoms. The van der Waals surface area contributed by atoms with E-state index in [0.29, 0.717) is 24.3 Å². The van der Waals surface area contributed by atoms with Crippen LogP contribution in [-0.2, 0) is 5.60 Å². The fourth-order valence-corrected chi connectivity index (χ4v) is 5.16. The van der Waals surface area contributed by atoms with Gasteiger partial charge < -0.3 is 10.4 Å². The van der Waals surface area contributed by atoms with Crippen LogP contribution in [-0.4, -0.2) is 53.8 Å². The molecule has 5 nitrogen and oxygen atoms in total. The first-order valence-electron chi connectivity index (χ1n) is 11.8. The van der Waals surface area contributed by atoms with Crippen molar-refractivity contribution < 1.29 is 13.9 Å². The molecular formula is C26H31ClF2N4O. The Morgan fingerprint density at radius 1 is 1.21 bits per heavy atom. The van der Waals surface area contributed by atoms with E-state index in [4.69, 9.17) is 11.6 Å². The fraction of sp³-hybridized carbons (Fsp3) is 0.462. The molecule has 3 atom stereocenters. The highest BCUT2D eigenvalue weighted by atomic mass is 35.5. The van der Waals surface area contributed by atoms with Crippen LogP contribution in [0.2, 0.25) is 5.02 Å². The van der Waals surface area contributed by atoms with E-state index in [9.17, 15) is 13.9 Å². The van der Waals surface area contributed by atoms with Crippen LogP contribution in [0.4, 0.5) is 14.5 Å². The SMILES string of the molecule is C[C@@H](N1CCC(Nc2ccccc2Cl)CC1)C(O)(CCC[C@H]1C=NC=N1)c1ccc(F)cc1F. The van der Waals surface area contributed by atoms with E-state index in [1.54, 1.807) is 6.21 Å². The lowest BCUT2D eigenvalue weighted by Gasteiger charge is -2.44. The average molecular weight is 489 g/mol. The van der Waals surface area contributed by atoms with Crippen LogP contribution in [0.1, 0.15) is 44.6 Å². The van der Waals surface area contributed by atoms with Gasteiger partial charge in [0.25, 0.3) is 0 Å². The number of piperidine rings is 1. The summed E-state index contributed by atoms with van der Waals surface area (Å²) in [5.41, 5.74) is -0.403. The smallest absolute Gasteiger partial charge is 0.132 e. The number of aliphatic imine (C=N–C) groups is 2. The summed E-state index contributed by atoms with van der Waals surface area (Å²) in [6.45, 7) is 3.42. The molecule has 2 heterocycles. The largest absolute Gasteiger partial charge is 0.383 e. The van der Waals surface area contributed by atoms with Gasteiger partial charge in [-0.2, -0.15) is 0 Å². The van der Waals surface area contributed by atoms with Gasteiger partial charge in [0.1, 0.15) is 23.6 Å². The lowest BCUT2D eigenvalue weighted by molar-refractivity contribution is -0.0620. The molecule has 182 valence electrons. The monoisotopic (exact) mass is 488 g/mol. The zero-order chi connectivity index (χ0) is 24.1. The summed E-state index contributed by atoms with van der Waals surface area (Å²) in [4.78, 5) is 10.5. The zero-order valence-electron chi connectivity index (χ0n) is 19.3. The molecule has 2 aliphatic rings. The molecule has 8 heteroatoms. The summed E-state index contributed by atoms with van der Waals surface area (Å²) in [6, 6.07) is 11.0. The van der Waals surface area contributed by atoms with Crippen molar-refractivity contribution in [2.24, 2.45) is 9.98 Å². The van der Waals surface area contributed by atoms with Gasteiger partial charge in [0, 0.05) is 43.0 Å². The molecule has 2 aromatic rings. The van der Waals surface area contributed by atoms with E-state index in [1.807, 2.05) is 31.2 Å². The Morgan fingerprint density at radius 2 is 1.97 bits per heavy atom. The number of nitrogens with one attached hydrogen (secondary N) is 1. The first-order valence-corrected chi connectivity index (χ1v) is 12.2. The van der Waals surface area contributed by atoms with Crippen LogP contribution in [0.5, 0.6) is 0 Å². The maximum absolute atomic E-state index is 14.9. The highest BCUT2D eigenvalue weighted by Gasteiger charge is 2.41. The maximum atomic E-state index is 14.9. The van der Waals surface area contributed by atoms with Gasteiger partial charge in [-0.15, -0.1) is 0 Å². The first-order chi connectivity index (χ1) is 16.4. The van der Waals surface area contributed by atoms with Crippen molar-refractivity contribution in [2.75, 3.05) is 18.4 Å². The Labute approximate surface area is 204 Å². The molecule has 0 saturated carbocycles. The molecule has 2 N–H and O–H groups in total. The number of benzene rings is 2. The highest BCUT2D eigenvalue weighted by Crippen LogP contribution is 2.37. The predicted molar refractivity (Wildman–Crippen MR) is 134 cm³/mol. The molecule has 4 rings (SSSR count). The van der Waals surface area contributed by atoms with Crippen LogP contribution in [0, 0.1) is 11.6 Å². The van der Waals surface area contributed by atoms with Gasteiger partial charge in [-0.3, -0.25) is 9.89 Å². The fourth-order valence-electron chi connectivity index (χ4n) is 4.97. The Balaban J connectivity index is 1.45. The Hall–Kier alpha value is -2.35. The number of nitrogens with zero attached hydrogens (tertiary/aromatic N) is 3. The minimum atomic E-state index is -1.46. The second-order valence-corrected chi connectivity index (χ2v) is 9.59. The lowest BCUT2D eigenvalue weighted by atomic mass is 9.80. The lowest BCUT2D eigenvalue weighted by Crippen LogP contribution is -2.53. The van der Waals surface area contributed by atoms with Crippen LogP contribution < -0.4 is 5.32 Å². The van der Waals surface area contributed by atoms with Crippen molar-refractivity contribution in [1.82, 2.24) is 4.90 Å². The second kappa shape index (κ2) is 10.9. The zero-order valence-corrected chi connectivity index (χ0v) is 20.1. The van der Waals surface area contributed by atoms with E-state index >= 15 is 0 Å². The van der Waals surface area contributed by atoms with Gasteiger partial charge in [0.2, 0.25) is 0 Å². The van der Waals surface area contributed by atoms with Crippen LogP contribution in [0.25, 0.3) is 0 Å². The minimum absolute atomic E-state index is 0.00995. The molecule has 0 spiro atoms. The molecule has 0 bridgehead atoms. The van der Waals surface area contributed by atoms with Crippen molar-refractivity contribution in [3.63, 3.8) is 0 Å². The van der Waals surface area contributed by atoms with Crippen LogP contribution in [0.3, 0.4) is 0 Å². The molecule has 2 aromatic carbocycles. The summed E-state index contributed by atoms with van der Waals surface area (Å²) in [6.07, 6.45) is 6.72. The van der Waals surface area contributed by atoms with Crippen molar-refractivity contribution in [3.8, 4) is 0 Å². The van der Waals surface area contributed by atoms with Crippen molar-refractivity contribution >= 4 is 29.8 Å². The van der Waals surface area contributed by atoms with Crippen LogP contribution in [0.15, 0.2) is 52.4 Å². The molecule has 0 aromatic heterocycles. The second-order valence-electron chi connectivity index (χ2n) is 9.18. The first kappa shape index (κ1) is 24.8. The minimum Gasteiger partial charge on any atom is -0.383 e. The molecule has 0 radical (unpaired) electrons. The summed E-state index contributed by atoms with van der Waals surface area (Å²) < 4.78 is 28.5. The molecule has 2 aliphatic heterocycles. The maximum Gasteiger partial charge on any atom is 0.132 e. The molecule has 1 unspecified atom stereocenters. The molecule has 1 fully saturated rings. The average Bonchev–Trinajstić information content (AvgIpc) is 3.34. The number of rotatable bonds is 9. The van der Waals surface area contributed by atoms with Gasteiger partial charge in [0.15, 0.2) is 0 Å². The van der Waals surface area contributed by atoms with Gasteiger partial charge in [-0.25, -0.2) is 13.8 Å². The Kier molecular flexibility index (Phi) is 7.96. The van der Waals surface area contributed by atoms with Crippen molar-refractivity contribution in [1.29, 1.82) is 0 Å². The number of likely N-dealkylation sites (tertiary alicyclic amines) is 1. The summed E-state index contributed by atoms with van der Waals surface area (Å²) in [7, 11) is 0. The van der Waals surface area contributed by atoms with Gasteiger partial charge in [-0.05, 0) is 57.2 Å². The van der Waals surface area contributed by atoms with Crippen molar-refractivity contribution in [3.05, 3.63) is 64.7 Å². The third kappa shape index (κ3) is 5.65. The quantitative estimate of drug-likeness (QED) is 0.495. The topological polar surface area (TPSA) is 60.2 Å². The third-order valence-corrected chi connectivity index (χ3v) is 7.37. The van der Waals surface area contributed by atoms with E-state index in [2.05, 4.69) is 20.2 Å². The number of hydrogen-bond acceptors (Lipinski definition) is 5. The Morgan fingerprint density at radius 3 is 2.65 bits per heavy atom. The normalized spacial score (nSPS) is 21.5. The van der Waals surface area contributed by atoms with Gasteiger partial charge in [-0.1, -0.05) is 29.8 Å². The molecule has 0 amide bonds. The third-order valence-electron chi connectivity index (χ3n) is 7.04. The summed E-state index contributed by atoms with van der Waals surface area (Å²) in [5, 5.41) is 16.1. The number of aliphatic hydroxyl groups is 1. The molecule has 0 aliphatic carbocycles. The number of hydrogen-bond donors (Lipinski definition) is 2. The molecular weight excluding hydrogens is 458 g/mol. The highest BCUT2D eigenvalue weighted by molar-refractivity contribution is 6.33. The van der Waals surface area contributed by atoms with Gasteiger partial charge in [0.05, 0.1) is 16.8 Å². The number of anilines is 1. The predicted octanol–water partition coefficient (Wildman–Crippen LogP) is 5.42. The molecule has 1 saturated heterocycles. The number of halogens is 3.